The average Bonchev–Trinajstić information content (AvgIpc) is 2.27. The molecule has 0 amide bonds. The average molecular weight is 222 g/mol. The van der Waals surface area contributed by atoms with Crippen LogP contribution in [0.3, 0.4) is 0 Å². The molecular formula is C13H18O3. The van der Waals surface area contributed by atoms with Gasteiger partial charge in [0.05, 0.1) is 19.1 Å². The van der Waals surface area contributed by atoms with Crippen molar-refractivity contribution in [3.63, 3.8) is 0 Å². The summed E-state index contributed by atoms with van der Waals surface area (Å²) in [6.07, 6.45) is -0.766. The molecule has 0 aliphatic carbocycles. The largest absolute Gasteiger partial charge is 0.465 e. The van der Waals surface area contributed by atoms with Crippen LogP contribution in [-0.2, 0) is 9.53 Å². The predicted octanol–water partition coefficient (Wildman–Crippen LogP) is 2.31. The first kappa shape index (κ1) is 12.7. The first-order chi connectivity index (χ1) is 7.59. The molecule has 0 heterocycles. The zero-order valence-corrected chi connectivity index (χ0v) is 9.72. The number of hydrogen-bond acceptors (Lipinski definition) is 3. The lowest BCUT2D eigenvalue weighted by Gasteiger charge is -2.11. The normalized spacial score (nSPS) is 12.5. The SMILES string of the molecule is CC(C)COC(=O)C[C@@H](O)c1ccccc1. The minimum Gasteiger partial charge on any atom is -0.465 e. The van der Waals surface area contributed by atoms with Gasteiger partial charge in [-0.05, 0) is 11.5 Å². The van der Waals surface area contributed by atoms with Gasteiger partial charge in [0.1, 0.15) is 0 Å². The fourth-order valence-corrected chi connectivity index (χ4v) is 1.27. The van der Waals surface area contributed by atoms with Gasteiger partial charge in [-0.1, -0.05) is 44.2 Å². The van der Waals surface area contributed by atoms with Crippen molar-refractivity contribution in [2.24, 2.45) is 5.92 Å². The van der Waals surface area contributed by atoms with Gasteiger partial charge in [-0.15, -0.1) is 0 Å². The van der Waals surface area contributed by atoms with Crippen molar-refractivity contribution >= 4 is 5.97 Å². The van der Waals surface area contributed by atoms with Crippen molar-refractivity contribution in [2.45, 2.75) is 26.4 Å². The molecule has 1 N–H and O–H groups in total. The summed E-state index contributed by atoms with van der Waals surface area (Å²) >= 11 is 0. The molecule has 0 aliphatic heterocycles. The topological polar surface area (TPSA) is 46.5 Å². The summed E-state index contributed by atoms with van der Waals surface area (Å²) in [4.78, 5) is 11.3. The second kappa shape index (κ2) is 6.28. The van der Waals surface area contributed by atoms with Crippen LogP contribution in [-0.4, -0.2) is 17.7 Å². The first-order valence-corrected chi connectivity index (χ1v) is 5.48. The van der Waals surface area contributed by atoms with Crippen LogP contribution in [0.2, 0.25) is 0 Å². The predicted molar refractivity (Wildman–Crippen MR) is 61.8 cm³/mol. The Morgan fingerprint density at radius 2 is 1.94 bits per heavy atom. The Morgan fingerprint density at radius 3 is 2.50 bits per heavy atom. The fourth-order valence-electron chi connectivity index (χ4n) is 1.27. The van der Waals surface area contributed by atoms with Gasteiger partial charge in [-0.3, -0.25) is 4.79 Å². The number of hydrogen-bond donors (Lipinski definition) is 1. The van der Waals surface area contributed by atoms with Crippen LogP contribution < -0.4 is 0 Å². The van der Waals surface area contributed by atoms with E-state index in [9.17, 15) is 9.90 Å². The van der Waals surface area contributed by atoms with Crippen molar-refractivity contribution in [3.8, 4) is 0 Å². The first-order valence-electron chi connectivity index (χ1n) is 5.48. The van der Waals surface area contributed by atoms with Crippen molar-refractivity contribution < 1.29 is 14.6 Å². The molecule has 16 heavy (non-hydrogen) atoms. The molecule has 0 saturated carbocycles. The molecule has 0 fully saturated rings. The number of benzene rings is 1. The molecule has 0 unspecified atom stereocenters. The lowest BCUT2D eigenvalue weighted by atomic mass is 10.1. The van der Waals surface area contributed by atoms with Gasteiger partial charge in [0.25, 0.3) is 0 Å². The molecule has 0 bridgehead atoms. The Morgan fingerprint density at radius 1 is 1.31 bits per heavy atom. The summed E-state index contributed by atoms with van der Waals surface area (Å²) in [7, 11) is 0. The molecule has 1 aromatic carbocycles. The molecule has 3 heteroatoms. The summed E-state index contributed by atoms with van der Waals surface area (Å²) in [5, 5.41) is 9.76. The molecule has 0 aromatic heterocycles. The van der Waals surface area contributed by atoms with Crippen LogP contribution in [0.15, 0.2) is 30.3 Å². The Balaban J connectivity index is 2.40. The molecule has 1 atom stereocenters. The molecular weight excluding hydrogens is 204 g/mol. The summed E-state index contributed by atoms with van der Waals surface area (Å²) in [6, 6.07) is 9.12. The zero-order chi connectivity index (χ0) is 12.0. The van der Waals surface area contributed by atoms with Crippen molar-refractivity contribution in [2.75, 3.05) is 6.61 Å². The van der Waals surface area contributed by atoms with Gasteiger partial charge >= 0.3 is 5.97 Å². The van der Waals surface area contributed by atoms with Crippen molar-refractivity contribution in [1.82, 2.24) is 0 Å². The van der Waals surface area contributed by atoms with Crippen LogP contribution >= 0.6 is 0 Å². The Labute approximate surface area is 96.1 Å². The van der Waals surface area contributed by atoms with E-state index in [1.807, 2.05) is 32.0 Å². The van der Waals surface area contributed by atoms with Gasteiger partial charge < -0.3 is 9.84 Å². The molecule has 0 saturated heterocycles. The van der Waals surface area contributed by atoms with E-state index >= 15 is 0 Å². The van der Waals surface area contributed by atoms with Gasteiger partial charge in [-0.2, -0.15) is 0 Å². The highest BCUT2D eigenvalue weighted by molar-refractivity contribution is 5.70. The second-order valence-electron chi connectivity index (χ2n) is 4.21. The van der Waals surface area contributed by atoms with E-state index in [4.69, 9.17) is 4.74 Å². The fraction of sp³-hybridized carbons (Fsp3) is 0.462. The molecule has 0 spiro atoms. The van der Waals surface area contributed by atoms with E-state index in [0.717, 1.165) is 5.56 Å². The second-order valence-corrected chi connectivity index (χ2v) is 4.21. The maximum absolute atomic E-state index is 11.3. The maximum atomic E-state index is 11.3. The molecule has 88 valence electrons. The monoisotopic (exact) mass is 222 g/mol. The van der Waals surface area contributed by atoms with E-state index in [0.29, 0.717) is 12.5 Å². The number of esters is 1. The number of carbonyl (C=O) groups is 1. The minimum atomic E-state index is -0.777. The van der Waals surface area contributed by atoms with Crippen LogP contribution in [0, 0.1) is 5.92 Å². The lowest BCUT2D eigenvalue weighted by Crippen LogP contribution is -2.13. The summed E-state index contributed by atoms with van der Waals surface area (Å²) in [5.41, 5.74) is 0.740. The zero-order valence-electron chi connectivity index (χ0n) is 9.72. The van der Waals surface area contributed by atoms with Gasteiger partial charge in [0, 0.05) is 0 Å². The smallest absolute Gasteiger partial charge is 0.308 e. The molecule has 0 aliphatic rings. The summed E-state index contributed by atoms with van der Waals surface area (Å²) in [6.45, 7) is 4.35. The maximum Gasteiger partial charge on any atom is 0.308 e. The Hall–Kier alpha value is -1.35. The summed E-state index contributed by atoms with van der Waals surface area (Å²) < 4.78 is 5.00. The molecule has 1 aromatic rings. The van der Waals surface area contributed by atoms with Gasteiger partial charge in [-0.25, -0.2) is 0 Å². The van der Waals surface area contributed by atoms with E-state index in [-0.39, 0.29) is 12.4 Å². The lowest BCUT2D eigenvalue weighted by molar-refractivity contribution is -0.147. The third-order valence-electron chi connectivity index (χ3n) is 2.12. The number of carbonyl (C=O) groups excluding carboxylic acids is 1. The quantitative estimate of drug-likeness (QED) is 0.778. The van der Waals surface area contributed by atoms with E-state index in [1.165, 1.54) is 0 Å². The Bertz CT molecular complexity index is 319. The number of aliphatic hydroxyl groups is 1. The number of aliphatic hydroxyl groups excluding tert-OH is 1. The highest BCUT2D eigenvalue weighted by Gasteiger charge is 2.13. The number of rotatable bonds is 5. The number of ether oxygens (including phenoxy) is 1. The van der Waals surface area contributed by atoms with Gasteiger partial charge in [0.15, 0.2) is 0 Å². The van der Waals surface area contributed by atoms with Crippen LogP contribution in [0.5, 0.6) is 0 Å². The van der Waals surface area contributed by atoms with Crippen molar-refractivity contribution in [3.05, 3.63) is 35.9 Å². The highest BCUT2D eigenvalue weighted by Crippen LogP contribution is 2.16. The van der Waals surface area contributed by atoms with E-state index in [2.05, 4.69) is 0 Å². The third-order valence-corrected chi connectivity index (χ3v) is 2.12. The third kappa shape index (κ3) is 4.45. The van der Waals surface area contributed by atoms with Crippen LogP contribution in [0.25, 0.3) is 0 Å². The summed E-state index contributed by atoms with van der Waals surface area (Å²) in [5.74, 6) is -0.0390. The molecule has 1 rings (SSSR count). The van der Waals surface area contributed by atoms with Gasteiger partial charge in [0.2, 0.25) is 0 Å². The highest BCUT2D eigenvalue weighted by atomic mass is 16.5. The van der Waals surface area contributed by atoms with Crippen LogP contribution in [0.4, 0.5) is 0 Å². The Kier molecular flexibility index (Phi) is 4.99. The van der Waals surface area contributed by atoms with Crippen LogP contribution in [0.1, 0.15) is 31.9 Å². The molecule has 0 radical (unpaired) electrons. The van der Waals surface area contributed by atoms with Crippen molar-refractivity contribution in [1.29, 1.82) is 0 Å². The standard InChI is InChI=1S/C13H18O3/c1-10(2)9-16-13(15)8-12(14)11-6-4-3-5-7-11/h3-7,10,12,14H,8-9H2,1-2H3/t12-/m1/s1. The minimum absolute atomic E-state index is 0.0106. The van der Waals surface area contributed by atoms with E-state index < -0.39 is 6.10 Å². The van der Waals surface area contributed by atoms with E-state index in [1.54, 1.807) is 12.1 Å². The molecule has 3 nitrogen and oxygen atoms in total.